The topological polar surface area (TPSA) is 68.7 Å². The normalized spacial score (nSPS) is 11.2. The summed E-state index contributed by atoms with van der Waals surface area (Å²) in [6, 6.07) is 0.802. The smallest absolute Gasteiger partial charge is 0.506 e. The Kier molecular flexibility index (Phi) is 4.38. The van der Waals surface area contributed by atoms with Crippen LogP contribution in [-0.2, 0) is 10.1 Å². The van der Waals surface area contributed by atoms with E-state index < -0.39 is 29.5 Å². The van der Waals surface area contributed by atoms with Crippen LogP contribution in [0.3, 0.4) is 0 Å². The minimum absolute atomic E-state index is 0.00545. The highest BCUT2D eigenvalue weighted by molar-refractivity contribution is 9.08. The van der Waals surface area contributed by atoms with Gasteiger partial charge in [0.15, 0.2) is 0 Å². The molecule has 0 aromatic carbocycles. The molecule has 1 heterocycles. The molecule has 0 aliphatic carbocycles. The third kappa shape index (κ3) is 3.49. The molecule has 0 bridgehead atoms. The summed E-state index contributed by atoms with van der Waals surface area (Å²) in [4.78, 5) is 14.6. The summed E-state index contributed by atoms with van der Waals surface area (Å²) in [5.74, 6) is -2.51. The quantitative estimate of drug-likeness (QED) is 0.681. The summed E-state index contributed by atoms with van der Waals surface area (Å²) in [6.07, 6.45) is -5.00. The van der Waals surface area contributed by atoms with Crippen LogP contribution in [0.15, 0.2) is 6.07 Å². The van der Waals surface area contributed by atoms with Gasteiger partial charge in [-0.15, -0.1) is 13.2 Å². The SMILES string of the molecule is COC(=O)c1cc(O)c(CBr)nc1OC(F)(F)F. The predicted molar refractivity (Wildman–Crippen MR) is 56.6 cm³/mol. The van der Waals surface area contributed by atoms with E-state index in [1.165, 1.54) is 0 Å². The summed E-state index contributed by atoms with van der Waals surface area (Å²) < 4.78 is 44.3. The van der Waals surface area contributed by atoms with Gasteiger partial charge in [0.1, 0.15) is 11.3 Å². The van der Waals surface area contributed by atoms with Crippen molar-refractivity contribution in [3.8, 4) is 11.6 Å². The van der Waals surface area contributed by atoms with Crippen LogP contribution in [0.2, 0.25) is 0 Å². The van der Waals surface area contributed by atoms with Gasteiger partial charge in [-0.25, -0.2) is 9.78 Å². The summed E-state index contributed by atoms with van der Waals surface area (Å²) in [7, 11) is 0.981. The Morgan fingerprint density at radius 2 is 2.17 bits per heavy atom. The lowest BCUT2D eigenvalue weighted by Gasteiger charge is -2.12. The number of aromatic hydroxyl groups is 1. The van der Waals surface area contributed by atoms with Gasteiger partial charge in [0.25, 0.3) is 0 Å². The largest absolute Gasteiger partial charge is 0.574 e. The lowest BCUT2D eigenvalue weighted by atomic mass is 10.2. The molecule has 0 unspecified atom stereocenters. The molecule has 0 radical (unpaired) electrons. The molecular formula is C9H7BrF3NO4. The van der Waals surface area contributed by atoms with E-state index in [1.807, 2.05) is 0 Å². The molecule has 0 amide bonds. The molecule has 1 rings (SSSR count). The highest BCUT2D eigenvalue weighted by Crippen LogP contribution is 2.30. The van der Waals surface area contributed by atoms with Gasteiger partial charge in [0.05, 0.1) is 12.8 Å². The van der Waals surface area contributed by atoms with Crippen LogP contribution < -0.4 is 4.74 Å². The standard InChI is InChI=1S/C9H7BrF3NO4/c1-17-8(16)4-2-6(15)5(3-10)14-7(4)18-9(11,12)13/h2,15H,3H2,1H3. The van der Waals surface area contributed by atoms with Crippen molar-refractivity contribution in [3.05, 3.63) is 17.3 Å². The van der Waals surface area contributed by atoms with Gasteiger partial charge in [0.2, 0.25) is 5.88 Å². The van der Waals surface area contributed by atoms with Crippen LogP contribution in [0.1, 0.15) is 16.1 Å². The maximum absolute atomic E-state index is 12.1. The molecule has 1 N–H and O–H groups in total. The number of hydrogen-bond donors (Lipinski definition) is 1. The Morgan fingerprint density at radius 3 is 2.61 bits per heavy atom. The molecule has 5 nitrogen and oxygen atoms in total. The minimum atomic E-state index is -5.00. The number of alkyl halides is 4. The monoisotopic (exact) mass is 329 g/mol. The number of halogens is 4. The van der Waals surface area contributed by atoms with Crippen molar-refractivity contribution in [1.82, 2.24) is 4.98 Å². The Hall–Kier alpha value is -1.51. The van der Waals surface area contributed by atoms with Gasteiger partial charge >= 0.3 is 12.3 Å². The van der Waals surface area contributed by atoms with Crippen LogP contribution >= 0.6 is 15.9 Å². The first kappa shape index (κ1) is 14.6. The van der Waals surface area contributed by atoms with Crippen molar-refractivity contribution < 1.29 is 32.5 Å². The van der Waals surface area contributed by atoms with Crippen molar-refractivity contribution in [2.45, 2.75) is 11.7 Å². The number of nitrogens with zero attached hydrogens (tertiary/aromatic N) is 1. The number of ether oxygens (including phenoxy) is 2. The fraction of sp³-hybridized carbons (Fsp3) is 0.333. The molecule has 0 spiro atoms. The highest BCUT2D eigenvalue weighted by Gasteiger charge is 2.34. The van der Waals surface area contributed by atoms with E-state index in [-0.39, 0.29) is 11.0 Å². The van der Waals surface area contributed by atoms with Crippen molar-refractivity contribution in [2.75, 3.05) is 7.11 Å². The number of rotatable bonds is 3. The molecule has 1 aromatic heterocycles. The van der Waals surface area contributed by atoms with Crippen LogP contribution in [-0.4, -0.2) is 29.5 Å². The van der Waals surface area contributed by atoms with Crippen LogP contribution in [0, 0.1) is 0 Å². The average molecular weight is 330 g/mol. The van der Waals surface area contributed by atoms with Crippen LogP contribution in [0.5, 0.6) is 11.6 Å². The third-order valence-electron chi connectivity index (χ3n) is 1.79. The predicted octanol–water partition coefficient (Wildman–Crippen LogP) is 2.37. The number of carbonyl (C=O) groups is 1. The second-order valence-corrected chi connectivity index (χ2v) is 3.54. The third-order valence-corrected chi connectivity index (χ3v) is 2.32. The zero-order valence-electron chi connectivity index (χ0n) is 8.92. The van der Waals surface area contributed by atoms with E-state index in [2.05, 4.69) is 30.4 Å². The molecule has 0 fully saturated rings. The first-order valence-corrected chi connectivity index (χ1v) is 5.53. The van der Waals surface area contributed by atoms with Crippen LogP contribution in [0.25, 0.3) is 0 Å². The molecule has 0 aliphatic rings. The Morgan fingerprint density at radius 1 is 1.56 bits per heavy atom. The second kappa shape index (κ2) is 5.42. The summed E-state index contributed by atoms with van der Waals surface area (Å²) in [6.45, 7) is 0. The minimum Gasteiger partial charge on any atom is -0.506 e. The zero-order valence-corrected chi connectivity index (χ0v) is 10.5. The molecule has 18 heavy (non-hydrogen) atoms. The number of methoxy groups -OCH3 is 1. The number of carbonyl (C=O) groups excluding carboxylic acids is 1. The van der Waals surface area contributed by atoms with Gasteiger partial charge in [-0.1, -0.05) is 15.9 Å². The summed E-state index contributed by atoms with van der Waals surface area (Å²) in [5, 5.41) is 9.42. The lowest BCUT2D eigenvalue weighted by molar-refractivity contribution is -0.276. The number of esters is 1. The molecule has 0 atom stereocenters. The maximum atomic E-state index is 12.1. The van der Waals surface area contributed by atoms with E-state index in [0.29, 0.717) is 0 Å². The molecule has 0 saturated heterocycles. The molecule has 0 saturated carbocycles. The summed E-state index contributed by atoms with van der Waals surface area (Å²) >= 11 is 2.93. The van der Waals surface area contributed by atoms with Crippen molar-refractivity contribution in [1.29, 1.82) is 0 Å². The fourth-order valence-electron chi connectivity index (χ4n) is 1.06. The molecular weight excluding hydrogens is 323 g/mol. The van der Waals surface area contributed by atoms with Crippen molar-refractivity contribution >= 4 is 21.9 Å². The molecule has 0 aliphatic heterocycles. The number of hydrogen-bond acceptors (Lipinski definition) is 5. The molecule has 100 valence electrons. The van der Waals surface area contributed by atoms with E-state index >= 15 is 0 Å². The van der Waals surface area contributed by atoms with Gasteiger partial charge in [-0.05, 0) is 0 Å². The number of pyridine rings is 1. The number of aromatic nitrogens is 1. The maximum Gasteiger partial charge on any atom is 0.574 e. The van der Waals surface area contributed by atoms with E-state index in [0.717, 1.165) is 13.2 Å². The average Bonchev–Trinajstić information content (AvgIpc) is 2.28. The van der Waals surface area contributed by atoms with Gasteiger partial charge in [-0.2, -0.15) is 0 Å². The van der Waals surface area contributed by atoms with E-state index in [4.69, 9.17) is 0 Å². The first-order valence-electron chi connectivity index (χ1n) is 4.41. The van der Waals surface area contributed by atoms with E-state index in [1.54, 1.807) is 0 Å². The highest BCUT2D eigenvalue weighted by atomic mass is 79.9. The van der Waals surface area contributed by atoms with Gasteiger partial charge < -0.3 is 14.6 Å². The Labute approximate surface area is 108 Å². The summed E-state index contributed by atoms with van der Waals surface area (Å²) in [5.41, 5.74) is -0.709. The Bertz CT molecular complexity index is 464. The first-order chi connectivity index (χ1) is 8.28. The van der Waals surface area contributed by atoms with E-state index in [9.17, 15) is 23.1 Å². The fourth-order valence-corrected chi connectivity index (χ4v) is 1.48. The zero-order chi connectivity index (χ0) is 13.9. The van der Waals surface area contributed by atoms with Crippen LogP contribution in [0.4, 0.5) is 13.2 Å². The lowest BCUT2D eigenvalue weighted by Crippen LogP contribution is -2.20. The van der Waals surface area contributed by atoms with Gasteiger partial charge in [-0.3, -0.25) is 0 Å². The van der Waals surface area contributed by atoms with Crippen molar-refractivity contribution in [2.24, 2.45) is 0 Å². The second-order valence-electron chi connectivity index (χ2n) is 2.98. The van der Waals surface area contributed by atoms with Gasteiger partial charge in [0, 0.05) is 11.4 Å². The molecule has 1 aromatic rings. The van der Waals surface area contributed by atoms with Crippen molar-refractivity contribution in [3.63, 3.8) is 0 Å². The Balaban J connectivity index is 3.30. The molecule has 9 heteroatoms.